The quantitative estimate of drug-likeness (QED) is 0.599. The van der Waals surface area contributed by atoms with Gasteiger partial charge in [-0.15, -0.1) is 0 Å². The van der Waals surface area contributed by atoms with Gasteiger partial charge in [0.25, 0.3) is 5.91 Å². The zero-order valence-corrected chi connectivity index (χ0v) is 10.4. The summed E-state index contributed by atoms with van der Waals surface area (Å²) in [6.45, 7) is -1.06. The lowest BCUT2D eigenvalue weighted by Gasteiger charge is -2.20. The van der Waals surface area contributed by atoms with Gasteiger partial charge in [-0.25, -0.2) is 4.79 Å². The van der Waals surface area contributed by atoms with Gasteiger partial charge in [-0.05, 0) is 12.1 Å². The smallest absolute Gasteiger partial charge is 0.336 e. The molecule has 1 aromatic rings. The third-order valence-corrected chi connectivity index (χ3v) is 2.37. The second kappa shape index (κ2) is 6.32. The lowest BCUT2D eigenvalue weighted by Crippen LogP contribution is -2.43. The molecule has 0 radical (unpaired) electrons. The average molecular weight is 279 g/mol. The van der Waals surface area contributed by atoms with Crippen molar-refractivity contribution in [3.8, 4) is 0 Å². The molecule has 20 heavy (non-hydrogen) atoms. The van der Waals surface area contributed by atoms with Crippen molar-refractivity contribution in [2.75, 3.05) is 13.1 Å². The molecule has 0 saturated heterocycles. The Morgan fingerprint density at radius 1 is 0.950 bits per heavy atom. The summed E-state index contributed by atoms with van der Waals surface area (Å²) in [5.74, 6) is -3.78. The number of carboxylic acid groups (broad SMARTS) is 1. The Morgan fingerprint density at radius 2 is 1.40 bits per heavy atom. The van der Waals surface area contributed by atoms with Crippen molar-refractivity contribution in [2.45, 2.75) is 0 Å². The highest BCUT2D eigenvalue weighted by molar-refractivity contribution is 6.06. The minimum absolute atomic E-state index is 0.150. The van der Waals surface area contributed by atoms with E-state index in [1.807, 2.05) is 0 Å². The second-order valence-electron chi connectivity index (χ2n) is 3.94. The van der Waals surface area contributed by atoms with Crippen molar-refractivity contribution in [3.05, 3.63) is 35.4 Å². The van der Waals surface area contributed by atoms with E-state index in [9.17, 15) is 19.2 Å². The highest BCUT2D eigenvalue weighted by atomic mass is 16.4. The fourth-order valence-electron chi connectivity index (χ4n) is 1.60. The molecule has 5 N–H and O–H groups in total. The molecular formula is C12H13N3O5. The molecule has 106 valence electrons. The maximum atomic E-state index is 12.2. The number of primary amides is 2. The molecular weight excluding hydrogens is 266 g/mol. The van der Waals surface area contributed by atoms with E-state index in [1.54, 1.807) is 0 Å². The minimum atomic E-state index is -1.30. The summed E-state index contributed by atoms with van der Waals surface area (Å²) < 4.78 is 0. The predicted molar refractivity (Wildman–Crippen MR) is 67.7 cm³/mol. The number of carbonyl (C=O) groups excluding carboxylic acids is 3. The largest absolute Gasteiger partial charge is 0.478 e. The van der Waals surface area contributed by atoms with Gasteiger partial charge in [0.1, 0.15) is 13.1 Å². The Kier molecular flexibility index (Phi) is 4.79. The molecule has 0 aliphatic heterocycles. The Hall–Kier alpha value is -2.90. The molecule has 0 heterocycles. The average Bonchev–Trinajstić information content (AvgIpc) is 2.36. The van der Waals surface area contributed by atoms with Gasteiger partial charge in [-0.1, -0.05) is 12.1 Å². The Labute approximate surface area is 114 Å². The number of amides is 3. The molecule has 0 aromatic heterocycles. The molecule has 0 saturated carbocycles. The van der Waals surface area contributed by atoms with Crippen LogP contribution in [0.5, 0.6) is 0 Å². The van der Waals surface area contributed by atoms with E-state index < -0.39 is 36.8 Å². The van der Waals surface area contributed by atoms with Crippen LogP contribution in [0.1, 0.15) is 20.7 Å². The third-order valence-electron chi connectivity index (χ3n) is 2.37. The Balaban J connectivity index is 3.14. The van der Waals surface area contributed by atoms with Crippen LogP contribution in [0.25, 0.3) is 0 Å². The number of carboxylic acids is 1. The van der Waals surface area contributed by atoms with E-state index in [4.69, 9.17) is 16.6 Å². The standard InChI is InChI=1S/C12H13N3O5/c13-9(16)5-15(6-10(14)17)11(18)7-3-1-2-4-8(7)12(19)20/h1-4H,5-6H2,(H2,13,16)(H2,14,17)(H,19,20). The lowest BCUT2D eigenvalue weighted by molar-refractivity contribution is -0.121. The molecule has 0 spiro atoms. The zero-order chi connectivity index (χ0) is 15.3. The number of rotatable bonds is 6. The van der Waals surface area contributed by atoms with Crippen molar-refractivity contribution in [2.24, 2.45) is 11.5 Å². The van der Waals surface area contributed by atoms with Crippen LogP contribution in [0.3, 0.4) is 0 Å². The molecule has 0 unspecified atom stereocenters. The van der Waals surface area contributed by atoms with Crippen molar-refractivity contribution >= 4 is 23.7 Å². The first kappa shape index (κ1) is 15.2. The van der Waals surface area contributed by atoms with Crippen LogP contribution in [0.15, 0.2) is 24.3 Å². The van der Waals surface area contributed by atoms with Crippen molar-refractivity contribution in [1.82, 2.24) is 4.90 Å². The molecule has 8 nitrogen and oxygen atoms in total. The van der Waals surface area contributed by atoms with Crippen LogP contribution in [0, 0.1) is 0 Å². The number of hydrogen-bond acceptors (Lipinski definition) is 4. The van der Waals surface area contributed by atoms with Gasteiger partial charge in [-0.2, -0.15) is 0 Å². The van der Waals surface area contributed by atoms with Gasteiger partial charge in [-0.3, -0.25) is 14.4 Å². The SMILES string of the molecule is NC(=O)CN(CC(N)=O)C(=O)c1ccccc1C(=O)O. The molecule has 8 heteroatoms. The molecule has 3 amide bonds. The Morgan fingerprint density at radius 3 is 1.80 bits per heavy atom. The van der Waals surface area contributed by atoms with Gasteiger partial charge >= 0.3 is 5.97 Å². The first-order chi connectivity index (χ1) is 9.32. The van der Waals surface area contributed by atoms with Crippen molar-refractivity contribution < 1.29 is 24.3 Å². The predicted octanol–water partition coefficient (Wildman–Crippen LogP) is -1.20. The van der Waals surface area contributed by atoms with E-state index in [1.165, 1.54) is 24.3 Å². The van der Waals surface area contributed by atoms with E-state index in [0.29, 0.717) is 0 Å². The van der Waals surface area contributed by atoms with Crippen LogP contribution in [-0.2, 0) is 9.59 Å². The Bertz CT molecular complexity index is 554. The van der Waals surface area contributed by atoms with Crippen molar-refractivity contribution in [3.63, 3.8) is 0 Å². The fourth-order valence-corrected chi connectivity index (χ4v) is 1.60. The number of hydrogen-bond donors (Lipinski definition) is 3. The highest BCUT2D eigenvalue weighted by Crippen LogP contribution is 2.12. The van der Waals surface area contributed by atoms with Crippen LogP contribution in [0.2, 0.25) is 0 Å². The first-order valence-electron chi connectivity index (χ1n) is 5.51. The first-order valence-corrected chi connectivity index (χ1v) is 5.51. The molecule has 1 rings (SSSR count). The molecule has 0 aliphatic rings. The molecule has 0 bridgehead atoms. The highest BCUT2D eigenvalue weighted by Gasteiger charge is 2.23. The lowest BCUT2D eigenvalue weighted by atomic mass is 10.1. The topological polar surface area (TPSA) is 144 Å². The van der Waals surface area contributed by atoms with E-state index in [-0.39, 0.29) is 11.1 Å². The normalized spacial score (nSPS) is 9.80. The summed E-state index contributed by atoms with van der Waals surface area (Å²) in [5.41, 5.74) is 9.57. The van der Waals surface area contributed by atoms with E-state index >= 15 is 0 Å². The molecule has 0 fully saturated rings. The maximum absolute atomic E-state index is 12.2. The number of benzene rings is 1. The van der Waals surface area contributed by atoms with Crippen LogP contribution in [-0.4, -0.2) is 46.8 Å². The monoisotopic (exact) mass is 279 g/mol. The molecule has 0 aliphatic carbocycles. The summed E-state index contributed by atoms with van der Waals surface area (Å²) in [6.07, 6.45) is 0. The van der Waals surface area contributed by atoms with Gasteiger partial charge in [0, 0.05) is 0 Å². The number of nitrogens with zero attached hydrogens (tertiary/aromatic N) is 1. The van der Waals surface area contributed by atoms with Crippen LogP contribution >= 0.6 is 0 Å². The van der Waals surface area contributed by atoms with E-state index in [0.717, 1.165) is 4.90 Å². The molecule has 1 aromatic carbocycles. The fraction of sp³-hybridized carbons (Fsp3) is 0.167. The minimum Gasteiger partial charge on any atom is -0.478 e. The van der Waals surface area contributed by atoms with Gasteiger partial charge in [0.05, 0.1) is 11.1 Å². The van der Waals surface area contributed by atoms with Crippen LogP contribution in [0.4, 0.5) is 0 Å². The molecule has 0 atom stereocenters. The van der Waals surface area contributed by atoms with Gasteiger partial charge < -0.3 is 21.5 Å². The van der Waals surface area contributed by atoms with Gasteiger partial charge in [0.15, 0.2) is 0 Å². The summed E-state index contributed by atoms with van der Waals surface area (Å²) in [4.78, 5) is 45.8. The zero-order valence-electron chi connectivity index (χ0n) is 10.4. The maximum Gasteiger partial charge on any atom is 0.336 e. The van der Waals surface area contributed by atoms with Gasteiger partial charge in [0.2, 0.25) is 11.8 Å². The number of nitrogens with two attached hydrogens (primary N) is 2. The number of carbonyl (C=O) groups is 4. The van der Waals surface area contributed by atoms with Crippen LogP contribution < -0.4 is 11.5 Å². The third kappa shape index (κ3) is 3.80. The van der Waals surface area contributed by atoms with E-state index in [2.05, 4.69) is 0 Å². The van der Waals surface area contributed by atoms with Crippen molar-refractivity contribution in [1.29, 1.82) is 0 Å². The number of aromatic carboxylic acids is 1. The summed E-state index contributed by atoms with van der Waals surface area (Å²) in [6, 6.07) is 5.43. The summed E-state index contributed by atoms with van der Waals surface area (Å²) >= 11 is 0. The summed E-state index contributed by atoms with van der Waals surface area (Å²) in [7, 11) is 0. The second-order valence-corrected chi connectivity index (χ2v) is 3.94. The summed E-state index contributed by atoms with van der Waals surface area (Å²) in [5, 5.41) is 9.01.